The van der Waals surface area contributed by atoms with Crippen LogP contribution in [0.5, 0.6) is 5.75 Å². The van der Waals surface area contributed by atoms with Gasteiger partial charge < -0.3 is 14.7 Å². The average molecular weight is 334 g/mol. The van der Waals surface area contributed by atoms with Crippen molar-refractivity contribution in [2.75, 3.05) is 26.2 Å². The topological polar surface area (TPSA) is 32.7 Å². The molecule has 1 aromatic carbocycles. The first-order valence-corrected chi connectivity index (χ1v) is 9.90. The molecule has 1 aliphatic rings. The van der Waals surface area contributed by atoms with Gasteiger partial charge in [-0.1, -0.05) is 45.6 Å². The molecule has 0 saturated carbocycles. The van der Waals surface area contributed by atoms with Crippen molar-refractivity contribution < 1.29 is 9.84 Å². The van der Waals surface area contributed by atoms with Gasteiger partial charge in [-0.25, -0.2) is 0 Å². The SMILES string of the molecule is CCCCCCCN(CC)CCCOc1ccc2c(c1)CCC2O. The Balaban J connectivity index is 1.61. The van der Waals surface area contributed by atoms with Crippen molar-refractivity contribution in [2.24, 2.45) is 0 Å². The minimum absolute atomic E-state index is 0.274. The highest BCUT2D eigenvalue weighted by Gasteiger charge is 2.20. The fourth-order valence-corrected chi connectivity index (χ4v) is 3.51. The highest BCUT2D eigenvalue weighted by Crippen LogP contribution is 2.33. The Morgan fingerprint density at radius 2 is 1.88 bits per heavy atom. The summed E-state index contributed by atoms with van der Waals surface area (Å²) in [5.74, 6) is 0.950. The number of hydrogen-bond donors (Lipinski definition) is 1. The van der Waals surface area contributed by atoms with Gasteiger partial charge in [-0.3, -0.25) is 0 Å². The molecule has 1 aliphatic carbocycles. The van der Waals surface area contributed by atoms with Gasteiger partial charge in [0.2, 0.25) is 0 Å². The Labute approximate surface area is 148 Å². The Bertz CT molecular complexity index is 475. The summed E-state index contributed by atoms with van der Waals surface area (Å²) < 4.78 is 5.91. The molecule has 3 heteroatoms. The van der Waals surface area contributed by atoms with E-state index in [-0.39, 0.29) is 6.10 Å². The highest BCUT2D eigenvalue weighted by atomic mass is 16.5. The zero-order chi connectivity index (χ0) is 17.2. The molecule has 24 heavy (non-hydrogen) atoms. The van der Waals surface area contributed by atoms with Crippen molar-refractivity contribution in [3.05, 3.63) is 29.3 Å². The molecule has 0 radical (unpaired) electrons. The van der Waals surface area contributed by atoms with Gasteiger partial charge in [0.05, 0.1) is 12.7 Å². The second-order valence-electron chi connectivity index (χ2n) is 6.97. The highest BCUT2D eigenvalue weighted by molar-refractivity contribution is 5.39. The van der Waals surface area contributed by atoms with E-state index in [2.05, 4.69) is 24.8 Å². The van der Waals surface area contributed by atoms with Crippen molar-refractivity contribution in [3.8, 4) is 5.75 Å². The van der Waals surface area contributed by atoms with Gasteiger partial charge in [0.25, 0.3) is 0 Å². The third-order valence-electron chi connectivity index (χ3n) is 5.07. The zero-order valence-electron chi connectivity index (χ0n) is 15.6. The molecule has 0 spiro atoms. The smallest absolute Gasteiger partial charge is 0.119 e. The van der Waals surface area contributed by atoms with Crippen LogP contribution in [0.2, 0.25) is 0 Å². The number of ether oxygens (including phenoxy) is 1. The fourth-order valence-electron chi connectivity index (χ4n) is 3.51. The van der Waals surface area contributed by atoms with E-state index in [0.717, 1.165) is 50.3 Å². The summed E-state index contributed by atoms with van der Waals surface area (Å²) in [6.45, 7) is 8.75. The molecule has 136 valence electrons. The molecule has 0 bridgehead atoms. The van der Waals surface area contributed by atoms with Crippen molar-refractivity contribution >= 4 is 0 Å². The molecule has 0 amide bonds. The number of aliphatic hydroxyl groups excluding tert-OH is 1. The lowest BCUT2D eigenvalue weighted by Gasteiger charge is -2.20. The van der Waals surface area contributed by atoms with E-state index < -0.39 is 0 Å². The first kappa shape index (κ1) is 19.3. The second-order valence-corrected chi connectivity index (χ2v) is 6.97. The Hall–Kier alpha value is -1.06. The Morgan fingerprint density at radius 3 is 2.67 bits per heavy atom. The number of hydrogen-bond acceptors (Lipinski definition) is 3. The quantitative estimate of drug-likeness (QED) is 0.561. The molecule has 1 N–H and O–H groups in total. The van der Waals surface area contributed by atoms with Crippen LogP contribution in [0.1, 0.15) is 76.0 Å². The zero-order valence-corrected chi connectivity index (χ0v) is 15.6. The monoisotopic (exact) mass is 333 g/mol. The molecule has 1 aromatic rings. The van der Waals surface area contributed by atoms with E-state index >= 15 is 0 Å². The van der Waals surface area contributed by atoms with Gasteiger partial charge in [-0.15, -0.1) is 0 Å². The van der Waals surface area contributed by atoms with E-state index in [1.165, 1.54) is 44.2 Å². The Morgan fingerprint density at radius 1 is 1.08 bits per heavy atom. The third kappa shape index (κ3) is 6.10. The van der Waals surface area contributed by atoms with Crippen LogP contribution in [-0.4, -0.2) is 36.2 Å². The van der Waals surface area contributed by atoms with Crippen LogP contribution < -0.4 is 4.74 Å². The summed E-state index contributed by atoms with van der Waals surface area (Å²) in [6.07, 6.45) is 9.37. The van der Waals surface area contributed by atoms with E-state index in [9.17, 15) is 5.11 Å². The molecule has 0 saturated heterocycles. The maximum Gasteiger partial charge on any atom is 0.119 e. The molecule has 1 atom stereocenters. The van der Waals surface area contributed by atoms with Crippen LogP contribution in [0.25, 0.3) is 0 Å². The summed E-state index contributed by atoms with van der Waals surface area (Å²) in [5.41, 5.74) is 2.34. The number of rotatable bonds is 12. The van der Waals surface area contributed by atoms with Gasteiger partial charge >= 0.3 is 0 Å². The largest absolute Gasteiger partial charge is 0.494 e. The predicted molar refractivity (Wildman–Crippen MR) is 101 cm³/mol. The lowest BCUT2D eigenvalue weighted by Crippen LogP contribution is -2.26. The van der Waals surface area contributed by atoms with Crippen molar-refractivity contribution in [1.82, 2.24) is 4.90 Å². The maximum absolute atomic E-state index is 9.85. The first-order chi connectivity index (χ1) is 11.7. The number of nitrogens with zero attached hydrogens (tertiary/aromatic N) is 1. The summed E-state index contributed by atoms with van der Waals surface area (Å²) >= 11 is 0. The van der Waals surface area contributed by atoms with Crippen LogP contribution >= 0.6 is 0 Å². The normalized spacial score (nSPS) is 16.6. The first-order valence-electron chi connectivity index (χ1n) is 9.90. The van der Waals surface area contributed by atoms with E-state index in [1.807, 2.05) is 12.1 Å². The van der Waals surface area contributed by atoms with Crippen LogP contribution in [0.4, 0.5) is 0 Å². The summed E-state index contributed by atoms with van der Waals surface area (Å²) in [7, 11) is 0. The summed E-state index contributed by atoms with van der Waals surface area (Å²) in [4.78, 5) is 2.54. The van der Waals surface area contributed by atoms with E-state index in [1.54, 1.807) is 0 Å². The molecule has 0 aromatic heterocycles. The molecule has 2 rings (SSSR count). The molecular weight excluding hydrogens is 298 g/mol. The fraction of sp³-hybridized carbons (Fsp3) is 0.714. The lowest BCUT2D eigenvalue weighted by atomic mass is 10.1. The second kappa shape index (κ2) is 10.7. The minimum atomic E-state index is -0.274. The molecular formula is C21H35NO2. The van der Waals surface area contributed by atoms with Crippen LogP contribution in [0.3, 0.4) is 0 Å². The summed E-state index contributed by atoms with van der Waals surface area (Å²) in [5, 5.41) is 9.85. The van der Waals surface area contributed by atoms with E-state index in [0.29, 0.717) is 0 Å². The molecule has 0 fully saturated rings. The van der Waals surface area contributed by atoms with E-state index in [4.69, 9.17) is 4.74 Å². The van der Waals surface area contributed by atoms with Crippen molar-refractivity contribution in [1.29, 1.82) is 0 Å². The number of fused-ring (bicyclic) bond motifs is 1. The number of unbranched alkanes of at least 4 members (excludes halogenated alkanes) is 4. The van der Waals surface area contributed by atoms with Crippen LogP contribution in [0.15, 0.2) is 18.2 Å². The van der Waals surface area contributed by atoms with Gasteiger partial charge in [0.1, 0.15) is 5.75 Å². The van der Waals surface area contributed by atoms with Crippen LogP contribution in [-0.2, 0) is 6.42 Å². The average Bonchev–Trinajstić information content (AvgIpc) is 2.97. The lowest BCUT2D eigenvalue weighted by molar-refractivity contribution is 0.180. The molecule has 0 aliphatic heterocycles. The Kier molecular flexibility index (Phi) is 8.62. The molecule has 3 nitrogen and oxygen atoms in total. The van der Waals surface area contributed by atoms with Gasteiger partial charge in [0, 0.05) is 6.54 Å². The molecule has 1 unspecified atom stereocenters. The van der Waals surface area contributed by atoms with Gasteiger partial charge in [-0.2, -0.15) is 0 Å². The molecule has 0 heterocycles. The minimum Gasteiger partial charge on any atom is -0.494 e. The third-order valence-corrected chi connectivity index (χ3v) is 5.07. The number of aliphatic hydroxyl groups is 1. The predicted octanol–water partition coefficient (Wildman–Crippen LogP) is 4.73. The van der Waals surface area contributed by atoms with Gasteiger partial charge in [0.15, 0.2) is 0 Å². The van der Waals surface area contributed by atoms with Crippen LogP contribution in [0, 0.1) is 0 Å². The summed E-state index contributed by atoms with van der Waals surface area (Å²) in [6, 6.07) is 6.13. The number of aryl methyl sites for hydroxylation is 1. The number of benzene rings is 1. The van der Waals surface area contributed by atoms with Crippen molar-refractivity contribution in [3.63, 3.8) is 0 Å². The van der Waals surface area contributed by atoms with Gasteiger partial charge in [-0.05, 0) is 62.0 Å². The standard InChI is InChI=1S/C21H35NO2/c1-3-5-6-7-8-14-22(4-2)15-9-16-24-19-11-12-20-18(17-19)10-13-21(20)23/h11-12,17,21,23H,3-10,13-16H2,1-2H3. The van der Waals surface area contributed by atoms with Crippen molar-refractivity contribution in [2.45, 2.75) is 71.3 Å². The maximum atomic E-state index is 9.85.